The van der Waals surface area contributed by atoms with Gasteiger partial charge in [0.1, 0.15) is 10.7 Å². The van der Waals surface area contributed by atoms with Gasteiger partial charge in [-0.1, -0.05) is 12.8 Å². The van der Waals surface area contributed by atoms with Crippen molar-refractivity contribution in [3.63, 3.8) is 0 Å². The van der Waals surface area contributed by atoms with Crippen LogP contribution in [0.2, 0.25) is 0 Å². The van der Waals surface area contributed by atoms with E-state index in [0.29, 0.717) is 5.92 Å². The van der Waals surface area contributed by atoms with E-state index in [4.69, 9.17) is 5.73 Å². The van der Waals surface area contributed by atoms with Crippen LogP contribution < -0.4 is 5.73 Å². The molecule has 0 aromatic carbocycles. The quantitative estimate of drug-likeness (QED) is 0.936. The van der Waals surface area contributed by atoms with Gasteiger partial charge in [0.05, 0.1) is 6.04 Å². The largest absolute Gasteiger partial charge is 0.322 e. The summed E-state index contributed by atoms with van der Waals surface area (Å²) >= 11 is 1.59. The summed E-state index contributed by atoms with van der Waals surface area (Å²) < 4.78 is 1.84. The predicted molar refractivity (Wildman–Crippen MR) is 75.9 cm³/mol. The van der Waals surface area contributed by atoms with Crippen molar-refractivity contribution in [2.75, 3.05) is 0 Å². The van der Waals surface area contributed by atoms with Crippen LogP contribution in [0.15, 0.2) is 5.38 Å². The van der Waals surface area contributed by atoms with Crippen molar-refractivity contribution in [2.45, 2.75) is 44.6 Å². The smallest absolute Gasteiger partial charge is 0.177 e. The molecular weight excluding hydrogens is 258 g/mol. The van der Waals surface area contributed by atoms with Gasteiger partial charge in [0.25, 0.3) is 0 Å². The number of aromatic nitrogens is 4. The minimum atomic E-state index is -0.0266. The SMILES string of the molecule is CC(N)c1nc(-c2nc(C3CCCC3)nn2C)cs1. The van der Waals surface area contributed by atoms with Crippen molar-refractivity contribution in [1.29, 1.82) is 0 Å². The van der Waals surface area contributed by atoms with Crippen LogP contribution >= 0.6 is 11.3 Å². The van der Waals surface area contributed by atoms with E-state index in [1.54, 1.807) is 11.3 Å². The lowest BCUT2D eigenvalue weighted by Crippen LogP contribution is -2.04. The van der Waals surface area contributed by atoms with Crippen LogP contribution in [-0.4, -0.2) is 19.7 Å². The van der Waals surface area contributed by atoms with Crippen LogP contribution in [0.1, 0.15) is 55.4 Å². The van der Waals surface area contributed by atoms with E-state index in [-0.39, 0.29) is 6.04 Å². The van der Waals surface area contributed by atoms with Crippen molar-refractivity contribution < 1.29 is 0 Å². The molecule has 0 aliphatic heterocycles. The van der Waals surface area contributed by atoms with Gasteiger partial charge in [-0.3, -0.25) is 0 Å². The van der Waals surface area contributed by atoms with Gasteiger partial charge >= 0.3 is 0 Å². The van der Waals surface area contributed by atoms with E-state index in [0.717, 1.165) is 22.4 Å². The number of nitrogens with zero attached hydrogens (tertiary/aromatic N) is 4. The molecule has 1 aliphatic carbocycles. The van der Waals surface area contributed by atoms with Gasteiger partial charge < -0.3 is 5.73 Å². The molecule has 0 bridgehead atoms. The second-order valence-electron chi connectivity index (χ2n) is 5.26. The topological polar surface area (TPSA) is 69.6 Å². The summed E-state index contributed by atoms with van der Waals surface area (Å²) in [5.74, 6) is 2.36. The summed E-state index contributed by atoms with van der Waals surface area (Å²) in [5.41, 5.74) is 6.74. The highest BCUT2D eigenvalue weighted by Crippen LogP contribution is 2.33. The van der Waals surface area contributed by atoms with Crippen molar-refractivity contribution in [3.05, 3.63) is 16.2 Å². The first-order valence-electron chi connectivity index (χ1n) is 6.77. The molecule has 0 spiro atoms. The average Bonchev–Trinajstić information content (AvgIpc) is 3.08. The predicted octanol–water partition coefficient (Wildman–Crippen LogP) is 2.62. The van der Waals surface area contributed by atoms with Crippen LogP contribution in [0, 0.1) is 0 Å². The Hall–Kier alpha value is -1.27. The lowest BCUT2D eigenvalue weighted by molar-refractivity contribution is 0.648. The number of thiazole rings is 1. The van der Waals surface area contributed by atoms with Crippen molar-refractivity contribution >= 4 is 11.3 Å². The molecule has 1 aliphatic rings. The fourth-order valence-electron chi connectivity index (χ4n) is 2.58. The maximum atomic E-state index is 5.85. The highest BCUT2D eigenvalue weighted by atomic mass is 32.1. The number of nitrogens with two attached hydrogens (primary N) is 1. The first-order chi connectivity index (χ1) is 9.15. The first kappa shape index (κ1) is 12.7. The molecule has 1 unspecified atom stereocenters. The molecule has 2 aromatic heterocycles. The molecule has 102 valence electrons. The fraction of sp³-hybridized carbons (Fsp3) is 0.615. The summed E-state index contributed by atoms with van der Waals surface area (Å²) in [4.78, 5) is 9.24. The molecule has 1 saturated carbocycles. The summed E-state index contributed by atoms with van der Waals surface area (Å²) in [6.45, 7) is 1.95. The number of aryl methyl sites for hydroxylation is 1. The molecule has 2 aromatic rings. The second kappa shape index (κ2) is 5.02. The van der Waals surface area contributed by atoms with Crippen LogP contribution in [0.25, 0.3) is 11.5 Å². The normalized spacial score (nSPS) is 18.1. The Morgan fingerprint density at radius 1 is 1.37 bits per heavy atom. The molecule has 2 heterocycles. The fourth-order valence-corrected chi connectivity index (χ4v) is 3.34. The van der Waals surface area contributed by atoms with E-state index in [1.165, 1.54) is 25.7 Å². The van der Waals surface area contributed by atoms with E-state index >= 15 is 0 Å². The number of hydrogen-bond acceptors (Lipinski definition) is 5. The van der Waals surface area contributed by atoms with Crippen LogP contribution in [0.5, 0.6) is 0 Å². The highest BCUT2D eigenvalue weighted by molar-refractivity contribution is 7.10. The maximum absolute atomic E-state index is 5.85. The average molecular weight is 277 g/mol. The first-order valence-corrected chi connectivity index (χ1v) is 7.65. The van der Waals surface area contributed by atoms with E-state index in [1.807, 2.05) is 24.0 Å². The molecule has 2 N–H and O–H groups in total. The lowest BCUT2D eigenvalue weighted by atomic mass is 10.1. The Bertz CT molecular complexity index is 565. The summed E-state index contributed by atoms with van der Waals surface area (Å²) in [5, 5.41) is 7.52. The molecule has 6 heteroatoms. The molecule has 0 saturated heterocycles. The van der Waals surface area contributed by atoms with E-state index in [2.05, 4.69) is 15.1 Å². The van der Waals surface area contributed by atoms with Gasteiger partial charge in [-0.2, -0.15) is 5.10 Å². The van der Waals surface area contributed by atoms with Gasteiger partial charge in [-0.05, 0) is 19.8 Å². The maximum Gasteiger partial charge on any atom is 0.177 e. The standard InChI is InChI=1S/C13H19N5S/c1-8(14)13-15-10(7-19-13)12-16-11(17-18(12)2)9-5-3-4-6-9/h7-9H,3-6,14H2,1-2H3. The monoisotopic (exact) mass is 277 g/mol. The number of hydrogen-bond donors (Lipinski definition) is 1. The zero-order valence-corrected chi connectivity index (χ0v) is 12.2. The Labute approximate surface area is 116 Å². The van der Waals surface area contributed by atoms with Crippen molar-refractivity contribution in [3.8, 4) is 11.5 Å². The van der Waals surface area contributed by atoms with E-state index < -0.39 is 0 Å². The Kier molecular flexibility index (Phi) is 3.36. The van der Waals surface area contributed by atoms with Crippen molar-refractivity contribution in [1.82, 2.24) is 19.7 Å². The van der Waals surface area contributed by atoms with Crippen LogP contribution in [0.3, 0.4) is 0 Å². The van der Waals surface area contributed by atoms with Gasteiger partial charge in [-0.15, -0.1) is 11.3 Å². The highest BCUT2D eigenvalue weighted by Gasteiger charge is 2.23. The number of rotatable bonds is 3. The Morgan fingerprint density at radius 3 is 2.74 bits per heavy atom. The third kappa shape index (κ3) is 2.42. The third-order valence-corrected chi connectivity index (χ3v) is 4.69. The zero-order valence-electron chi connectivity index (χ0n) is 11.3. The third-order valence-electron chi connectivity index (χ3n) is 3.64. The van der Waals surface area contributed by atoms with Gasteiger partial charge in [-0.25, -0.2) is 14.6 Å². The lowest BCUT2D eigenvalue weighted by Gasteiger charge is -2.00. The van der Waals surface area contributed by atoms with Gasteiger partial charge in [0, 0.05) is 18.3 Å². The van der Waals surface area contributed by atoms with Crippen molar-refractivity contribution in [2.24, 2.45) is 12.8 Å². The summed E-state index contributed by atoms with van der Waals surface area (Å²) in [7, 11) is 1.94. The zero-order chi connectivity index (χ0) is 13.4. The molecule has 1 fully saturated rings. The second-order valence-corrected chi connectivity index (χ2v) is 6.15. The molecule has 19 heavy (non-hydrogen) atoms. The minimum Gasteiger partial charge on any atom is -0.322 e. The Balaban J connectivity index is 1.91. The van der Waals surface area contributed by atoms with Gasteiger partial charge in [0.2, 0.25) is 0 Å². The summed E-state index contributed by atoms with van der Waals surface area (Å²) in [6.07, 6.45) is 5.02. The van der Waals surface area contributed by atoms with Crippen LogP contribution in [-0.2, 0) is 7.05 Å². The molecular formula is C13H19N5S. The molecule has 3 rings (SSSR count). The van der Waals surface area contributed by atoms with Crippen LogP contribution in [0.4, 0.5) is 0 Å². The summed E-state index contributed by atoms with van der Waals surface area (Å²) in [6, 6.07) is -0.0266. The molecule has 5 nitrogen and oxygen atoms in total. The molecule has 0 amide bonds. The Morgan fingerprint density at radius 2 is 2.11 bits per heavy atom. The minimum absolute atomic E-state index is 0.0266. The molecule has 0 radical (unpaired) electrons. The van der Waals surface area contributed by atoms with E-state index in [9.17, 15) is 0 Å². The van der Waals surface area contributed by atoms with Gasteiger partial charge in [0.15, 0.2) is 11.6 Å². The molecule has 1 atom stereocenters.